The van der Waals surface area contributed by atoms with Gasteiger partial charge in [-0.15, -0.1) is 0 Å². The SMILES string of the molecule is CCOc1cc(Cl)c(C2C=C3NC(C)=NC(=NCCNC(C)(C)CO)N3N2C)c(Cl)c1. The standard InChI is InChI=1S/C21H30Cl2N6O2/c1-6-31-14-9-15(22)19(16(23)10-14)17-11-18-26-13(2)27-20(29(18)28(17)5)24-7-8-25-21(3,4)12-30/h9-11,17,25,30H,6-8,12H2,1-5H3,(H,24,26,27). The van der Waals surface area contributed by atoms with E-state index in [2.05, 4.69) is 20.6 Å². The summed E-state index contributed by atoms with van der Waals surface area (Å²) < 4.78 is 5.54. The van der Waals surface area contributed by atoms with Crippen molar-refractivity contribution in [2.45, 2.75) is 39.3 Å². The fourth-order valence-corrected chi connectivity index (χ4v) is 4.14. The van der Waals surface area contributed by atoms with Crippen molar-refractivity contribution < 1.29 is 9.84 Å². The number of aliphatic hydroxyl groups is 1. The summed E-state index contributed by atoms with van der Waals surface area (Å²) in [6.45, 7) is 9.42. The predicted molar refractivity (Wildman–Crippen MR) is 126 cm³/mol. The van der Waals surface area contributed by atoms with Crippen molar-refractivity contribution in [1.29, 1.82) is 0 Å². The summed E-state index contributed by atoms with van der Waals surface area (Å²) in [7, 11) is 1.94. The third kappa shape index (κ3) is 5.32. The Morgan fingerprint density at radius 2 is 2.00 bits per heavy atom. The molecule has 2 aliphatic rings. The molecule has 0 aliphatic carbocycles. The minimum atomic E-state index is -0.352. The molecular formula is C21H30Cl2N6O2. The first-order valence-corrected chi connectivity index (χ1v) is 11.0. The second-order valence-electron chi connectivity index (χ2n) is 8.09. The lowest BCUT2D eigenvalue weighted by atomic mass is 10.1. The van der Waals surface area contributed by atoms with Crippen LogP contribution in [0.25, 0.3) is 0 Å². The lowest BCUT2D eigenvalue weighted by Gasteiger charge is -2.34. The molecule has 1 unspecified atom stereocenters. The van der Waals surface area contributed by atoms with E-state index in [1.165, 1.54) is 0 Å². The molecule has 1 atom stereocenters. The van der Waals surface area contributed by atoms with Gasteiger partial charge in [0.2, 0.25) is 5.96 Å². The Kier molecular flexibility index (Phi) is 7.49. The van der Waals surface area contributed by atoms with E-state index in [4.69, 9.17) is 27.9 Å². The lowest BCUT2D eigenvalue weighted by molar-refractivity contribution is 0.101. The van der Waals surface area contributed by atoms with Crippen LogP contribution in [0.2, 0.25) is 10.0 Å². The quantitative estimate of drug-likeness (QED) is 0.508. The molecule has 31 heavy (non-hydrogen) atoms. The number of aliphatic hydroxyl groups excluding tert-OH is 1. The van der Waals surface area contributed by atoms with Crippen LogP contribution in [0.4, 0.5) is 0 Å². The van der Waals surface area contributed by atoms with Crippen LogP contribution in [0.3, 0.4) is 0 Å². The van der Waals surface area contributed by atoms with Gasteiger partial charge < -0.3 is 20.5 Å². The number of hydrogen-bond acceptors (Lipinski definition) is 6. The van der Waals surface area contributed by atoms with E-state index in [1.54, 1.807) is 12.1 Å². The second-order valence-corrected chi connectivity index (χ2v) is 8.90. The molecule has 0 bridgehead atoms. The van der Waals surface area contributed by atoms with Crippen LogP contribution < -0.4 is 15.4 Å². The van der Waals surface area contributed by atoms with Crippen molar-refractivity contribution in [3.63, 3.8) is 0 Å². The predicted octanol–water partition coefficient (Wildman–Crippen LogP) is 3.18. The van der Waals surface area contributed by atoms with Gasteiger partial charge >= 0.3 is 0 Å². The molecule has 2 aliphatic heterocycles. The highest BCUT2D eigenvalue weighted by Crippen LogP contribution is 2.41. The number of rotatable bonds is 8. The van der Waals surface area contributed by atoms with Gasteiger partial charge in [-0.1, -0.05) is 23.2 Å². The minimum Gasteiger partial charge on any atom is -0.494 e. The minimum absolute atomic E-state index is 0.0534. The Hall–Kier alpha value is -1.84. The summed E-state index contributed by atoms with van der Waals surface area (Å²) in [5, 5.41) is 20.9. The molecule has 0 saturated heterocycles. The number of hydrazine groups is 1. The fraction of sp³-hybridized carbons (Fsp3) is 0.524. The van der Waals surface area contributed by atoms with Crippen LogP contribution in [0.1, 0.15) is 39.3 Å². The van der Waals surface area contributed by atoms with Gasteiger partial charge in [-0.3, -0.25) is 0 Å². The molecular weight excluding hydrogens is 439 g/mol. The van der Waals surface area contributed by atoms with E-state index in [1.807, 2.05) is 50.8 Å². The summed E-state index contributed by atoms with van der Waals surface area (Å²) in [5.74, 6) is 2.82. The van der Waals surface area contributed by atoms with Gasteiger partial charge in [-0.2, -0.15) is 4.99 Å². The molecule has 0 spiro atoms. The van der Waals surface area contributed by atoms with Crippen LogP contribution in [0.5, 0.6) is 5.75 Å². The number of nitrogens with zero attached hydrogens (tertiary/aromatic N) is 4. The number of amidine groups is 1. The Labute approximate surface area is 193 Å². The van der Waals surface area contributed by atoms with Crippen molar-refractivity contribution in [3.05, 3.63) is 39.6 Å². The first-order valence-electron chi connectivity index (χ1n) is 10.3. The van der Waals surface area contributed by atoms with Gasteiger partial charge in [-0.05, 0) is 45.9 Å². The Bertz CT molecular complexity index is 892. The lowest BCUT2D eigenvalue weighted by Crippen LogP contribution is -2.48. The van der Waals surface area contributed by atoms with E-state index in [0.717, 1.165) is 17.2 Å². The third-order valence-electron chi connectivity index (χ3n) is 5.05. The average molecular weight is 469 g/mol. The molecule has 2 heterocycles. The second kappa shape index (κ2) is 9.75. The van der Waals surface area contributed by atoms with Crippen molar-refractivity contribution in [2.75, 3.05) is 33.4 Å². The number of fused-ring (bicyclic) bond motifs is 1. The largest absolute Gasteiger partial charge is 0.494 e. The summed E-state index contributed by atoms with van der Waals surface area (Å²) in [6.07, 6.45) is 2.05. The highest BCUT2D eigenvalue weighted by atomic mass is 35.5. The molecule has 170 valence electrons. The number of guanidine groups is 1. The molecule has 0 saturated carbocycles. The van der Waals surface area contributed by atoms with Crippen LogP contribution in [0, 0.1) is 0 Å². The normalized spacial score (nSPS) is 20.5. The van der Waals surface area contributed by atoms with E-state index < -0.39 is 0 Å². The van der Waals surface area contributed by atoms with Crippen LogP contribution in [-0.4, -0.2) is 65.8 Å². The molecule has 1 aromatic rings. The Balaban J connectivity index is 1.83. The van der Waals surface area contributed by atoms with Gasteiger partial charge in [0.25, 0.3) is 0 Å². The molecule has 1 aromatic carbocycles. The third-order valence-corrected chi connectivity index (χ3v) is 5.68. The number of halogens is 2. The number of benzene rings is 1. The summed E-state index contributed by atoms with van der Waals surface area (Å²) in [5.41, 5.74) is 0.441. The molecule has 0 amide bonds. The highest BCUT2D eigenvalue weighted by molar-refractivity contribution is 6.36. The molecule has 8 nitrogen and oxygen atoms in total. The first-order chi connectivity index (χ1) is 14.7. The van der Waals surface area contributed by atoms with Gasteiger partial charge in [0.05, 0.1) is 35.8 Å². The first kappa shape index (κ1) is 23.8. The van der Waals surface area contributed by atoms with Crippen molar-refractivity contribution >= 4 is 35.0 Å². The maximum absolute atomic E-state index is 9.38. The molecule has 0 aromatic heterocycles. The van der Waals surface area contributed by atoms with E-state index >= 15 is 0 Å². The van der Waals surface area contributed by atoms with Crippen molar-refractivity contribution in [1.82, 2.24) is 20.7 Å². The number of nitrogens with one attached hydrogen (secondary N) is 2. The number of ether oxygens (including phenoxy) is 1. The summed E-state index contributed by atoms with van der Waals surface area (Å²) in [4.78, 5) is 9.25. The molecule has 3 rings (SSSR count). The van der Waals surface area contributed by atoms with Crippen molar-refractivity contribution in [2.24, 2.45) is 9.98 Å². The monoisotopic (exact) mass is 468 g/mol. The van der Waals surface area contributed by atoms with Crippen molar-refractivity contribution in [3.8, 4) is 5.75 Å². The van der Waals surface area contributed by atoms with E-state index in [9.17, 15) is 5.11 Å². The maximum atomic E-state index is 9.38. The zero-order valence-corrected chi connectivity index (χ0v) is 20.0. The van der Waals surface area contributed by atoms with Crippen LogP contribution >= 0.6 is 23.2 Å². The van der Waals surface area contributed by atoms with Crippen LogP contribution in [-0.2, 0) is 0 Å². The fourth-order valence-electron chi connectivity index (χ4n) is 3.45. The zero-order chi connectivity index (χ0) is 22.8. The molecule has 10 heteroatoms. The Morgan fingerprint density at radius 3 is 2.61 bits per heavy atom. The molecule has 0 fully saturated rings. The topological polar surface area (TPSA) is 84.7 Å². The van der Waals surface area contributed by atoms with Gasteiger partial charge in [0.1, 0.15) is 17.4 Å². The Morgan fingerprint density at radius 1 is 1.32 bits per heavy atom. The number of likely N-dealkylation sites (N-methyl/N-ethyl adjacent to an activating group) is 1. The van der Waals surface area contributed by atoms with Gasteiger partial charge in [0, 0.05) is 24.7 Å². The summed E-state index contributed by atoms with van der Waals surface area (Å²) in [6, 6.07) is 3.37. The molecule has 3 N–H and O–H groups in total. The smallest absolute Gasteiger partial charge is 0.243 e. The average Bonchev–Trinajstić information content (AvgIpc) is 3.01. The van der Waals surface area contributed by atoms with Gasteiger partial charge in [0.15, 0.2) is 0 Å². The zero-order valence-electron chi connectivity index (χ0n) is 18.5. The van der Waals surface area contributed by atoms with E-state index in [0.29, 0.717) is 41.5 Å². The summed E-state index contributed by atoms with van der Waals surface area (Å²) >= 11 is 13.2. The number of aliphatic imine (C=N–C) groups is 2. The maximum Gasteiger partial charge on any atom is 0.243 e. The van der Waals surface area contributed by atoms with Crippen LogP contribution in [0.15, 0.2) is 34.0 Å². The highest BCUT2D eigenvalue weighted by Gasteiger charge is 2.38. The van der Waals surface area contributed by atoms with Gasteiger partial charge in [-0.25, -0.2) is 15.0 Å². The number of hydrogen-bond donors (Lipinski definition) is 3. The molecule has 0 radical (unpaired) electrons. The van der Waals surface area contributed by atoms with E-state index in [-0.39, 0.29) is 18.2 Å².